The van der Waals surface area contributed by atoms with Gasteiger partial charge in [0.2, 0.25) is 0 Å². The minimum absolute atomic E-state index is 0.0438. The molecule has 2 heterocycles. The molecule has 9 heteroatoms. The van der Waals surface area contributed by atoms with Crippen LogP contribution >= 0.6 is 0 Å². The number of amides is 2. The molecular formula is C22H22FN5O3. The number of aromatic nitrogens is 2. The van der Waals surface area contributed by atoms with E-state index in [0.29, 0.717) is 30.0 Å². The van der Waals surface area contributed by atoms with Crippen molar-refractivity contribution in [2.24, 2.45) is 0 Å². The van der Waals surface area contributed by atoms with Crippen molar-refractivity contribution in [1.82, 2.24) is 14.9 Å². The van der Waals surface area contributed by atoms with E-state index in [1.165, 1.54) is 36.4 Å². The minimum Gasteiger partial charge on any atom is -0.383 e. The van der Waals surface area contributed by atoms with Gasteiger partial charge in [-0.1, -0.05) is 6.07 Å². The Hall–Kier alpha value is -3.85. The fourth-order valence-electron chi connectivity index (χ4n) is 2.85. The molecule has 0 fully saturated rings. The summed E-state index contributed by atoms with van der Waals surface area (Å²) in [4.78, 5) is 34.4. The van der Waals surface area contributed by atoms with Gasteiger partial charge in [-0.15, -0.1) is 0 Å². The van der Waals surface area contributed by atoms with Crippen LogP contribution in [0.5, 0.6) is 0 Å². The standard InChI is InChI=1S/C22H22FN5O3/c1-28(9-10-31-2)22(30)17-4-3-14(12-19(17)23)15-11-18(20(24)26-13-15)21(29)27-16-5-7-25-8-6-16/h3-8,11-13H,9-10H2,1-2H3,(H2,24,26)(H,25,27,29). The van der Waals surface area contributed by atoms with Crippen molar-refractivity contribution >= 4 is 23.3 Å². The number of anilines is 2. The lowest BCUT2D eigenvalue weighted by Gasteiger charge is -2.17. The predicted octanol–water partition coefficient (Wildman–Crippen LogP) is 2.84. The highest BCUT2D eigenvalue weighted by atomic mass is 19.1. The van der Waals surface area contributed by atoms with Crippen molar-refractivity contribution in [3.63, 3.8) is 0 Å². The molecule has 0 aliphatic rings. The average molecular weight is 423 g/mol. The summed E-state index contributed by atoms with van der Waals surface area (Å²) in [5.41, 5.74) is 7.46. The van der Waals surface area contributed by atoms with Gasteiger partial charge in [0, 0.05) is 50.5 Å². The fourth-order valence-corrected chi connectivity index (χ4v) is 2.85. The highest BCUT2D eigenvalue weighted by Gasteiger charge is 2.18. The third kappa shape index (κ3) is 5.20. The van der Waals surface area contributed by atoms with E-state index >= 15 is 0 Å². The SMILES string of the molecule is COCCN(C)C(=O)c1ccc(-c2cnc(N)c(C(=O)Nc3ccncc3)c2)cc1F. The Morgan fingerprint density at radius 1 is 1.13 bits per heavy atom. The first-order chi connectivity index (χ1) is 14.9. The largest absolute Gasteiger partial charge is 0.383 e. The van der Waals surface area contributed by atoms with Crippen LogP contribution in [0.2, 0.25) is 0 Å². The van der Waals surface area contributed by atoms with Gasteiger partial charge in [-0.2, -0.15) is 0 Å². The molecule has 8 nitrogen and oxygen atoms in total. The second kappa shape index (κ2) is 9.77. The van der Waals surface area contributed by atoms with Crippen LogP contribution in [0.3, 0.4) is 0 Å². The van der Waals surface area contributed by atoms with Crippen LogP contribution in [0, 0.1) is 5.82 Å². The number of rotatable bonds is 7. The highest BCUT2D eigenvalue weighted by Crippen LogP contribution is 2.25. The van der Waals surface area contributed by atoms with E-state index in [1.807, 2.05) is 0 Å². The zero-order chi connectivity index (χ0) is 22.4. The van der Waals surface area contributed by atoms with E-state index in [0.717, 1.165) is 0 Å². The maximum Gasteiger partial charge on any atom is 0.259 e. The van der Waals surface area contributed by atoms with E-state index in [2.05, 4.69) is 15.3 Å². The molecule has 0 saturated carbocycles. The molecule has 0 saturated heterocycles. The summed E-state index contributed by atoms with van der Waals surface area (Å²) in [5, 5.41) is 2.71. The van der Waals surface area contributed by atoms with Crippen LogP contribution in [0.15, 0.2) is 55.0 Å². The summed E-state index contributed by atoms with van der Waals surface area (Å²) in [5.74, 6) is -1.53. The number of benzene rings is 1. The lowest BCUT2D eigenvalue weighted by Crippen LogP contribution is -2.30. The molecule has 3 N–H and O–H groups in total. The molecule has 0 aliphatic heterocycles. The number of pyridine rings is 2. The van der Waals surface area contributed by atoms with Gasteiger partial charge >= 0.3 is 0 Å². The fraction of sp³-hybridized carbons (Fsp3) is 0.182. The lowest BCUT2D eigenvalue weighted by molar-refractivity contribution is 0.0739. The first kappa shape index (κ1) is 21.8. The predicted molar refractivity (Wildman–Crippen MR) is 115 cm³/mol. The molecule has 160 valence electrons. The second-order valence-corrected chi connectivity index (χ2v) is 6.76. The van der Waals surface area contributed by atoms with E-state index in [4.69, 9.17) is 10.5 Å². The molecule has 0 bridgehead atoms. The van der Waals surface area contributed by atoms with Gasteiger partial charge in [0.05, 0.1) is 17.7 Å². The molecule has 3 rings (SSSR count). The molecular weight excluding hydrogens is 401 g/mol. The van der Waals surface area contributed by atoms with Crippen molar-refractivity contribution < 1.29 is 18.7 Å². The van der Waals surface area contributed by atoms with Gasteiger partial charge in [-0.25, -0.2) is 9.37 Å². The summed E-state index contributed by atoms with van der Waals surface area (Å²) in [6.45, 7) is 0.692. The van der Waals surface area contributed by atoms with Crippen LogP contribution in [0.1, 0.15) is 20.7 Å². The summed E-state index contributed by atoms with van der Waals surface area (Å²) in [6.07, 6.45) is 4.54. The van der Waals surface area contributed by atoms with Gasteiger partial charge in [0.25, 0.3) is 11.8 Å². The molecule has 2 amide bonds. The summed E-state index contributed by atoms with van der Waals surface area (Å²) in [7, 11) is 3.10. The zero-order valence-corrected chi connectivity index (χ0v) is 17.1. The summed E-state index contributed by atoms with van der Waals surface area (Å²) >= 11 is 0. The summed E-state index contributed by atoms with van der Waals surface area (Å²) in [6, 6.07) is 9.04. The van der Waals surface area contributed by atoms with Crippen molar-refractivity contribution in [1.29, 1.82) is 0 Å². The average Bonchev–Trinajstić information content (AvgIpc) is 2.77. The topological polar surface area (TPSA) is 110 Å². The Kier molecular flexibility index (Phi) is 6.88. The highest BCUT2D eigenvalue weighted by molar-refractivity contribution is 6.07. The number of nitrogen functional groups attached to an aromatic ring is 1. The van der Waals surface area contributed by atoms with Crippen LogP contribution in [0.25, 0.3) is 11.1 Å². The van der Waals surface area contributed by atoms with Gasteiger partial charge in [0.15, 0.2) is 0 Å². The van der Waals surface area contributed by atoms with Gasteiger partial charge < -0.3 is 20.7 Å². The van der Waals surface area contributed by atoms with E-state index in [9.17, 15) is 14.0 Å². The number of carbonyl (C=O) groups is 2. The first-order valence-electron chi connectivity index (χ1n) is 9.42. The molecule has 0 atom stereocenters. The van der Waals surface area contributed by atoms with Crippen LogP contribution < -0.4 is 11.1 Å². The number of ether oxygens (including phenoxy) is 1. The maximum atomic E-state index is 14.7. The first-order valence-corrected chi connectivity index (χ1v) is 9.42. The van der Waals surface area contributed by atoms with Crippen molar-refractivity contribution in [2.75, 3.05) is 38.4 Å². The van der Waals surface area contributed by atoms with E-state index < -0.39 is 17.6 Å². The van der Waals surface area contributed by atoms with Crippen molar-refractivity contribution in [2.45, 2.75) is 0 Å². The van der Waals surface area contributed by atoms with E-state index in [1.54, 1.807) is 37.6 Å². The quantitative estimate of drug-likeness (QED) is 0.605. The molecule has 0 unspecified atom stereocenters. The van der Waals surface area contributed by atoms with E-state index in [-0.39, 0.29) is 16.9 Å². The number of halogens is 1. The molecule has 0 spiro atoms. The molecule has 3 aromatic rings. The zero-order valence-electron chi connectivity index (χ0n) is 17.1. The molecule has 0 radical (unpaired) electrons. The Labute approximate surface area is 178 Å². The third-order valence-electron chi connectivity index (χ3n) is 4.61. The van der Waals surface area contributed by atoms with Gasteiger partial charge in [-0.3, -0.25) is 14.6 Å². The smallest absolute Gasteiger partial charge is 0.259 e. The monoisotopic (exact) mass is 423 g/mol. The number of nitrogens with two attached hydrogens (primary N) is 1. The molecule has 1 aromatic carbocycles. The van der Waals surface area contributed by atoms with Gasteiger partial charge in [0.1, 0.15) is 11.6 Å². The minimum atomic E-state index is -0.675. The number of hydrogen-bond acceptors (Lipinski definition) is 6. The number of methoxy groups -OCH3 is 1. The van der Waals surface area contributed by atoms with Gasteiger partial charge in [-0.05, 0) is 35.9 Å². The summed E-state index contributed by atoms with van der Waals surface area (Å²) < 4.78 is 19.6. The second-order valence-electron chi connectivity index (χ2n) is 6.76. The Bertz CT molecular complexity index is 1090. The Balaban J connectivity index is 1.84. The molecule has 2 aromatic heterocycles. The van der Waals surface area contributed by atoms with Crippen molar-refractivity contribution in [3.8, 4) is 11.1 Å². The van der Waals surface area contributed by atoms with Crippen molar-refractivity contribution in [3.05, 3.63) is 71.9 Å². The van der Waals surface area contributed by atoms with Crippen LogP contribution in [-0.2, 0) is 4.74 Å². The number of carbonyl (C=O) groups excluding carboxylic acids is 2. The number of likely N-dealkylation sites (N-methyl/N-ethyl adjacent to an activating group) is 1. The number of nitrogens with zero attached hydrogens (tertiary/aromatic N) is 3. The number of nitrogens with one attached hydrogen (secondary N) is 1. The Morgan fingerprint density at radius 3 is 2.55 bits per heavy atom. The third-order valence-corrected chi connectivity index (χ3v) is 4.61. The maximum absolute atomic E-state index is 14.7. The number of hydrogen-bond donors (Lipinski definition) is 2. The molecule has 31 heavy (non-hydrogen) atoms. The Morgan fingerprint density at radius 2 is 1.87 bits per heavy atom. The normalized spacial score (nSPS) is 10.5. The van der Waals surface area contributed by atoms with Crippen LogP contribution in [-0.4, -0.2) is 54.0 Å². The lowest BCUT2D eigenvalue weighted by atomic mass is 10.0. The molecule has 0 aliphatic carbocycles. The van der Waals surface area contributed by atoms with Crippen LogP contribution in [0.4, 0.5) is 15.9 Å².